The minimum Gasteiger partial charge on any atom is -0.0622 e. The van der Waals surface area contributed by atoms with Crippen LogP contribution in [0.4, 0.5) is 0 Å². The summed E-state index contributed by atoms with van der Waals surface area (Å²) in [5.74, 6) is 0.210. The van der Waals surface area contributed by atoms with Crippen molar-refractivity contribution in [2.75, 3.05) is 0 Å². The van der Waals surface area contributed by atoms with Gasteiger partial charge in [-0.3, -0.25) is 0 Å². The lowest BCUT2D eigenvalue weighted by Crippen LogP contribution is -2.25. The van der Waals surface area contributed by atoms with E-state index in [0.717, 1.165) is 0 Å². The Morgan fingerprint density at radius 1 is 0.333 bits per heavy atom. The Balaban J connectivity index is 1.34. The first kappa shape index (κ1) is 24.6. The molecule has 0 saturated carbocycles. The Morgan fingerprint density at radius 2 is 0.641 bits per heavy atom. The van der Waals surface area contributed by atoms with Gasteiger partial charge in [0.2, 0.25) is 0 Å². The molecule has 0 aliphatic carbocycles. The van der Waals surface area contributed by atoms with E-state index in [2.05, 4.69) is 177 Å². The van der Waals surface area contributed by atoms with Gasteiger partial charge in [0.1, 0.15) is 0 Å². The van der Waals surface area contributed by atoms with Gasteiger partial charge in [0, 0.05) is 11.3 Å². The van der Waals surface area contributed by atoms with Gasteiger partial charge in [-0.1, -0.05) is 170 Å². The van der Waals surface area contributed by atoms with Crippen molar-refractivity contribution in [1.29, 1.82) is 0 Å². The van der Waals surface area contributed by atoms with Crippen LogP contribution >= 0.6 is 0 Å². The van der Waals surface area contributed by atoms with Crippen molar-refractivity contribution in [3.8, 4) is 11.1 Å². The van der Waals surface area contributed by atoms with Gasteiger partial charge >= 0.3 is 0 Å². The summed E-state index contributed by atoms with van der Waals surface area (Å²) in [6, 6.07) is 61.4. The molecular weight excluding hydrogens is 468 g/mol. The molecule has 188 valence electrons. The lowest BCUT2D eigenvalue weighted by Gasteiger charge is -2.32. The molecule has 0 spiro atoms. The largest absolute Gasteiger partial charge is 0.0622 e. The molecule has 6 aromatic carbocycles. The fourth-order valence-electron chi connectivity index (χ4n) is 5.78. The molecular formula is C39H32. The summed E-state index contributed by atoms with van der Waals surface area (Å²) in [7, 11) is 0. The molecule has 0 heteroatoms. The molecule has 0 radical (unpaired) electrons. The molecule has 0 nitrogen and oxygen atoms in total. The van der Waals surface area contributed by atoms with Gasteiger partial charge in [0.15, 0.2) is 0 Å². The van der Waals surface area contributed by atoms with Crippen LogP contribution < -0.4 is 0 Å². The molecule has 0 amide bonds. The van der Waals surface area contributed by atoms with Gasteiger partial charge in [0.25, 0.3) is 0 Å². The highest BCUT2D eigenvalue weighted by Crippen LogP contribution is 2.39. The molecule has 0 atom stereocenters. The van der Waals surface area contributed by atoms with Gasteiger partial charge < -0.3 is 0 Å². The fraction of sp³-hybridized carbons (Fsp3) is 0.0769. The third-order valence-corrected chi connectivity index (χ3v) is 8.01. The quantitative estimate of drug-likeness (QED) is 0.191. The molecule has 0 aliphatic rings. The molecule has 0 bridgehead atoms. The minimum atomic E-state index is -0.233. The Morgan fingerprint density at radius 3 is 1.05 bits per heavy atom. The van der Waals surface area contributed by atoms with E-state index in [-0.39, 0.29) is 11.3 Å². The molecule has 0 aromatic heterocycles. The molecule has 0 fully saturated rings. The van der Waals surface area contributed by atoms with Crippen molar-refractivity contribution in [2.45, 2.75) is 18.3 Å². The highest BCUT2D eigenvalue weighted by molar-refractivity contribution is 5.65. The van der Waals surface area contributed by atoms with Crippen LogP contribution in [0.25, 0.3) is 11.1 Å². The van der Waals surface area contributed by atoms with E-state index in [0.29, 0.717) is 0 Å². The van der Waals surface area contributed by atoms with E-state index in [1.807, 2.05) is 0 Å². The average Bonchev–Trinajstić information content (AvgIpc) is 3.03. The van der Waals surface area contributed by atoms with Crippen LogP contribution in [0.2, 0.25) is 0 Å². The highest BCUT2D eigenvalue weighted by atomic mass is 14.3. The lowest BCUT2D eigenvalue weighted by atomic mass is 9.71. The molecule has 0 heterocycles. The summed E-state index contributed by atoms with van der Waals surface area (Å²) in [5, 5.41) is 0. The molecule has 6 aromatic rings. The first-order valence-electron chi connectivity index (χ1n) is 13.7. The number of hydrogen-bond donors (Lipinski definition) is 0. The maximum atomic E-state index is 2.33. The zero-order valence-electron chi connectivity index (χ0n) is 22.2. The second kappa shape index (κ2) is 11.0. The monoisotopic (exact) mass is 500 g/mol. The minimum absolute atomic E-state index is 0.210. The molecule has 0 N–H and O–H groups in total. The fourth-order valence-corrected chi connectivity index (χ4v) is 5.78. The van der Waals surface area contributed by atoms with E-state index in [1.54, 1.807) is 0 Å². The molecule has 0 aliphatic heterocycles. The molecule has 39 heavy (non-hydrogen) atoms. The van der Waals surface area contributed by atoms with Gasteiger partial charge in [0.05, 0.1) is 0 Å². The highest BCUT2D eigenvalue weighted by Gasteiger charge is 2.30. The number of hydrogen-bond acceptors (Lipinski definition) is 0. The van der Waals surface area contributed by atoms with Crippen LogP contribution in [0, 0.1) is 0 Å². The van der Waals surface area contributed by atoms with Crippen molar-refractivity contribution in [1.82, 2.24) is 0 Å². The normalized spacial score (nSPS) is 11.4. The third kappa shape index (κ3) is 4.94. The van der Waals surface area contributed by atoms with E-state index >= 15 is 0 Å². The smallest absolute Gasteiger partial charge is 0.0423 e. The number of benzene rings is 6. The summed E-state index contributed by atoms with van der Waals surface area (Å²) < 4.78 is 0. The Hall–Kier alpha value is -4.68. The van der Waals surface area contributed by atoms with Crippen LogP contribution in [0.3, 0.4) is 0 Å². The molecule has 0 unspecified atom stereocenters. The van der Waals surface area contributed by atoms with Crippen molar-refractivity contribution in [3.05, 3.63) is 203 Å². The summed E-state index contributed by atoms with van der Waals surface area (Å²) in [6.07, 6.45) is 0. The predicted molar refractivity (Wildman–Crippen MR) is 164 cm³/mol. The van der Waals surface area contributed by atoms with Crippen LogP contribution in [0.5, 0.6) is 0 Å². The standard InChI is InChI=1S/C39H32/c1-39(35-18-10-4-11-19-35,36-20-12-5-13-21-36)37-28-26-31(27-29-37)30-22-24-34(25-23-30)38(32-14-6-2-7-15-32)33-16-8-3-9-17-33/h2-29,38H,1H3. The Labute approximate surface area is 232 Å². The second-order valence-corrected chi connectivity index (χ2v) is 10.3. The lowest BCUT2D eigenvalue weighted by molar-refractivity contribution is 0.692. The summed E-state index contributed by atoms with van der Waals surface area (Å²) in [6.45, 7) is 2.33. The first-order valence-corrected chi connectivity index (χ1v) is 13.7. The SMILES string of the molecule is CC(c1ccccc1)(c1ccccc1)c1ccc(-c2ccc(C(c3ccccc3)c3ccccc3)cc2)cc1. The third-order valence-electron chi connectivity index (χ3n) is 8.01. The van der Waals surface area contributed by atoms with Crippen LogP contribution in [0.1, 0.15) is 46.2 Å². The van der Waals surface area contributed by atoms with E-state index < -0.39 is 0 Å². The predicted octanol–water partition coefficient (Wildman–Crippen LogP) is 9.89. The van der Waals surface area contributed by atoms with Gasteiger partial charge in [-0.2, -0.15) is 0 Å². The zero-order chi connectivity index (χ0) is 26.5. The topological polar surface area (TPSA) is 0 Å². The Kier molecular flexibility index (Phi) is 6.93. The Bertz CT molecular complexity index is 1520. The maximum Gasteiger partial charge on any atom is 0.0423 e. The maximum absolute atomic E-state index is 2.33. The summed E-state index contributed by atoms with van der Waals surface area (Å²) in [4.78, 5) is 0. The van der Waals surface area contributed by atoms with E-state index in [4.69, 9.17) is 0 Å². The van der Waals surface area contributed by atoms with Gasteiger partial charge in [-0.25, -0.2) is 0 Å². The van der Waals surface area contributed by atoms with Crippen LogP contribution in [0.15, 0.2) is 170 Å². The van der Waals surface area contributed by atoms with Crippen LogP contribution in [-0.2, 0) is 5.41 Å². The summed E-state index contributed by atoms with van der Waals surface area (Å²) >= 11 is 0. The van der Waals surface area contributed by atoms with E-state index in [9.17, 15) is 0 Å². The van der Waals surface area contributed by atoms with Crippen molar-refractivity contribution in [3.63, 3.8) is 0 Å². The molecule has 6 rings (SSSR count). The van der Waals surface area contributed by atoms with Gasteiger partial charge in [-0.05, 0) is 51.4 Å². The average molecular weight is 501 g/mol. The zero-order valence-corrected chi connectivity index (χ0v) is 22.2. The number of rotatable bonds is 7. The summed E-state index contributed by atoms with van der Waals surface area (Å²) in [5.41, 5.74) is 10.0. The van der Waals surface area contributed by atoms with Crippen molar-refractivity contribution < 1.29 is 0 Å². The second-order valence-electron chi connectivity index (χ2n) is 10.3. The van der Waals surface area contributed by atoms with Crippen LogP contribution in [-0.4, -0.2) is 0 Å². The van der Waals surface area contributed by atoms with Gasteiger partial charge in [-0.15, -0.1) is 0 Å². The van der Waals surface area contributed by atoms with Crippen molar-refractivity contribution >= 4 is 0 Å². The molecule has 0 saturated heterocycles. The van der Waals surface area contributed by atoms with Crippen molar-refractivity contribution in [2.24, 2.45) is 0 Å². The van der Waals surface area contributed by atoms with E-state index in [1.165, 1.54) is 44.5 Å². The first-order chi connectivity index (χ1) is 19.2.